The molecular weight excluding hydrogens is 304 g/mol. The molecule has 1 saturated carbocycles. The topological polar surface area (TPSA) is 71.3 Å². The SMILES string of the molecule is CC[C@@H](C)Oc1ccc(NC(=O)C2(OC)CCCCC2)c(C#N)c1. The first-order valence-electron chi connectivity index (χ1n) is 8.62. The van der Waals surface area contributed by atoms with Gasteiger partial charge in [0.1, 0.15) is 17.4 Å². The van der Waals surface area contributed by atoms with Crippen LogP contribution in [-0.2, 0) is 9.53 Å². The van der Waals surface area contributed by atoms with E-state index in [1.807, 2.05) is 13.8 Å². The Morgan fingerprint density at radius 1 is 1.38 bits per heavy atom. The molecule has 0 heterocycles. The molecular formula is C19H26N2O3. The van der Waals surface area contributed by atoms with Crippen molar-refractivity contribution in [3.63, 3.8) is 0 Å². The highest BCUT2D eigenvalue weighted by Crippen LogP contribution is 2.33. The third-order valence-corrected chi connectivity index (χ3v) is 4.74. The van der Waals surface area contributed by atoms with E-state index in [9.17, 15) is 10.1 Å². The van der Waals surface area contributed by atoms with Crippen molar-refractivity contribution in [3.8, 4) is 11.8 Å². The van der Waals surface area contributed by atoms with Crippen molar-refractivity contribution in [3.05, 3.63) is 23.8 Å². The molecule has 1 fully saturated rings. The number of amides is 1. The fourth-order valence-corrected chi connectivity index (χ4v) is 3.00. The molecule has 0 spiro atoms. The molecule has 1 N–H and O–H groups in total. The largest absolute Gasteiger partial charge is 0.491 e. The second-order valence-corrected chi connectivity index (χ2v) is 6.37. The first-order valence-corrected chi connectivity index (χ1v) is 8.62. The molecule has 0 aliphatic heterocycles. The smallest absolute Gasteiger partial charge is 0.256 e. The normalized spacial score (nSPS) is 17.6. The second-order valence-electron chi connectivity index (χ2n) is 6.37. The highest BCUT2D eigenvalue weighted by molar-refractivity contribution is 5.98. The Labute approximate surface area is 144 Å². The van der Waals surface area contributed by atoms with Gasteiger partial charge in [-0.1, -0.05) is 26.2 Å². The van der Waals surface area contributed by atoms with Crippen LogP contribution in [0.25, 0.3) is 0 Å². The van der Waals surface area contributed by atoms with Gasteiger partial charge < -0.3 is 14.8 Å². The number of hydrogen-bond acceptors (Lipinski definition) is 4. The summed E-state index contributed by atoms with van der Waals surface area (Å²) in [6, 6.07) is 7.30. The van der Waals surface area contributed by atoms with Crippen molar-refractivity contribution in [1.29, 1.82) is 5.26 Å². The molecule has 5 nitrogen and oxygen atoms in total. The van der Waals surface area contributed by atoms with Crippen LogP contribution in [0.5, 0.6) is 5.75 Å². The molecule has 1 aliphatic carbocycles. The highest BCUT2D eigenvalue weighted by atomic mass is 16.5. The summed E-state index contributed by atoms with van der Waals surface area (Å²) < 4.78 is 11.3. The van der Waals surface area contributed by atoms with Gasteiger partial charge in [-0.2, -0.15) is 5.26 Å². The summed E-state index contributed by atoms with van der Waals surface area (Å²) in [5.74, 6) is 0.467. The lowest BCUT2D eigenvalue weighted by Crippen LogP contribution is -2.46. The van der Waals surface area contributed by atoms with Crippen LogP contribution in [0, 0.1) is 11.3 Å². The van der Waals surface area contributed by atoms with Crippen LogP contribution in [0.1, 0.15) is 57.9 Å². The number of benzene rings is 1. The first-order chi connectivity index (χ1) is 11.5. The number of carbonyl (C=O) groups excluding carboxylic acids is 1. The van der Waals surface area contributed by atoms with E-state index in [-0.39, 0.29) is 12.0 Å². The predicted octanol–water partition coefficient (Wildman–Crippen LogP) is 4.02. The van der Waals surface area contributed by atoms with Gasteiger partial charge in [0.15, 0.2) is 0 Å². The third kappa shape index (κ3) is 4.07. The lowest BCUT2D eigenvalue weighted by atomic mass is 9.84. The molecule has 1 atom stereocenters. The molecule has 2 rings (SSSR count). The first kappa shape index (κ1) is 18.3. The number of anilines is 1. The van der Waals surface area contributed by atoms with Crippen molar-refractivity contribution in [1.82, 2.24) is 0 Å². The van der Waals surface area contributed by atoms with Gasteiger partial charge in [0.05, 0.1) is 17.4 Å². The van der Waals surface area contributed by atoms with Gasteiger partial charge in [-0.15, -0.1) is 0 Å². The lowest BCUT2D eigenvalue weighted by molar-refractivity contribution is -0.141. The van der Waals surface area contributed by atoms with Crippen LogP contribution in [0.2, 0.25) is 0 Å². The lowest BCUT2D eigenvalue weighted by Gasteiger charge is -2.34. The van der Waals surface area contributed by atoms with E-state index in [4.69, 9.17) is 9.47 Å². The zero-order valence-electron chi connectivity index (χ0n) is 14.7. The van der Waals surface area contributed by atoms with Gasteiger partial charge in [-0.3, -0.25) is 4.79 Å². The number of rotatable bonds is 6. The van der Waals surface area contributed by atoms with Crippen LogP contribution < -0.4 is 10.1 Å². The highest BCUT2D eigenvalue weighted by Gasteiger charge is 2.39. The number of methoxy groups -OCH3 is 1. The number of nitriles is 1. The summed E-state index contributed by atoms with van der Waals surface area (Å²) in [6.45, 7) is 4.02. The van der Waals surface area contributed by atoms with Crippen LogP contribution in [0.15, 0.2) is 18.2 Å². The average molecular weight is 330 g/mol. The molecule has 24 heavy (non-hydrogen) atoms. The number of hydrogen-bond donors (Lipinski definition) is 1. The minimum atomic E-state index is -0.781. The summed E-state index contributed by atoms with van der Waals surface area (Å²) in [5, 5.41) is 12.3. The Kier molecular flexibility index (Phi) is 6.22. The standard InChI is InChI=1S/C19H26N2O3/c1-4-14(2)24-16-8-9-17(15(12-16)13-20)21-18(22)19(23-3)10-6-5-7-11-19/h8-9,12,14H,4-7,10-11H2,1-3H3,(H,21,22)/t14-/m1/s1. The number of nitrogens with zero attached hydrogens (tertiary/aromatic N) is 1. The monoisotopic (exact) mass is 330 g/mol. The quantitative estimate of drug-likeness (QED) is 0.855. The average Bonchev–Trinajstić information content (AvgIpc) is 2.63. The molecule has 0 bridgehead atoms. The van der Waals surface area contributed by atoms with E-state index in [0.717, 1.165) is 25.7 Å². The summed E-state index contributed by atoms with van der Waals surface area (Å²) in [5.41, 5.74) is 0.115. The molecule has 0 radical (unpaired) electrons. The second kappa shape index (κ2) is 8.16. The van der Waals surface area contributed by atoms with Crippen LogP contribution in [-0.4, -0.2) is 24.7 Å². The molecule has 0 aromatic heterocycles. The minimum Gasteiger partial charge on any atom is -0.491 e. The molecule has 1 aromatic carbocycles. The van der Waals surface area contributed by atoms with Crippen molar-refractivity contribution in [2.45, 2.75) is 64.1 Å². The van der Waals surface area contributed by atoms with Crippen molar-refractivity contribution in [2.75, 3.05) is 12.4 Å². The zero-order valence-corrected chi connectivity index (χ0v) is 14.7. The van der Waals surface area contributed by atoms with E-state index >= 15 is 0 Å². The summed E-state index contributed by atoms with van der Waals surface area (Å²) in [4.78, 5) is 12.7. The number of nitrogens with one attached hydrogen (secondary N) is 1. The van der Waals surface area contributed by atoms with E-state index in [1.165, 1.54) is 0 Å². The summed E-state index contributed by atoms with van der Waals surface area (Å²) >= 11 is 0. The van der Waals surface area contributed by atoms with Gasteiger partial charge in [-0.25, -0.2) is 0 Å². The Bertz CT molecular complexity index is 616. The van der Waals surface area contributed by atoms with Gasteiger partial charge >= 0.3 is 0 Å². The third-order valence-electron chi connectivity index (χ3n) is 4.74. The summed E-state index contributed by atoms with van der Waals surface area (Å²) in [6.07, 6.45) is 5.48. The van der Waals surface area contributed by atoms with Gasteiger partial charge in [0.2, 0.25) is 0 Å². The van der Waals surface area contributed by atoms with Crippen molar-refractivity contribution < 1.29 is 14.3 Å². The Balaban J connectivity index is 2.16. The van der Waals surface area contributed by atoms with E-state index in [2.05, 4.69) is 11.4 Å². The molecule has 0 saturated heterocycles. The van der Waals surface area contributed by atoms with E-state index in [0.29, 0.717) is 29.8 Å². The van der Waals surface area contributed by atoms with E-state index < -0.39 is 5.60 Å². The number of ether oxygens (including phenoxy) is 2. The predicted molar refractivity (Wildman–Crippen MR) is 93.0 cm³/mol. The van der Waals surface area contributed by atoms with Gasteiger partial charge in [0, 0.05) is 13.2 Å². The molecule has 0 unspecified atom stereocenters. The zero-order chi connectivity index (χ0) is 17.6. The van der Waals surface area contributed by atoms with Crippen LogP contribution >= 0.6 is 0 Å². The number of carbonyl (C=O) groups is 1. The molecule has 1 aliphatic rings. The Morgan fingerprint density at radius 3 is 2.67 bits per heavy atom. The maximum absolute atomic E-state index is 12.7. The summed E-state index contributed by atoms with van der Waals surface area (Å²) in [7, 11) is 1.58. The van der Waals surface area contributed by atoms with Gasteiger partial charge in [-0.05, 0) is 38.3 Å². The Morgan fingerprint density at radius 2 is 2.08 bits per heavy atom. The van der Waals surface area contributed by atoms with Crippen molar-refractivity contribution >= 4 is 11.6 Å². The molecule has 130 valence electrons. The van der Waals surface area contributed by atoms with E-state index in [1.54, 1.807) is 25.3 Å². The maximum Gasteiger partial charge on any atom is 0.256 e. The van der Waals surface area contributed by atoms with Crippen LogP contribution in [0.3, 0.4) is 0 Å². The molecule has 5 heteroatoms. The van der Waals surface area contributed by atoms with Gasteiger partial charge in [0.25, 0.3) is 5.91 Å². The van der Waals surface area contributed by atoms with Crippen LogP contribution in [0.4, 0.5) is 5.69 Å². The molecule has 1 amide bonds. The minimum absolute atomic E-state index is 0.0796. The van der Waals surface area contributed by atoms with Crippen molar-refractivity contribution in [2.24, 2.45) is 0 Å². The maximum atomic E-state index is 12.7. The fraction of sp³-hybridized carbons (Fsp3) is 0.579. The molecule has 1 aromatic rings. The fourth-order valence-electron chi connectivity index (χ4n) is 3.00. The Hall–Kier alpha value is -2.06.